The average Bonchev–Trinajstić information content (AvgIpc) is 2.83. The molecule has 3 rings (SSSR count). The van der Waals surface area contributed by atoms with Gasteiger partial charge in [-0.25, -0.2) is 4.98 Å². The number of hydrogen-bond acceptors (Lipinski definition) is 8. The van der Waals surface area contributed by atoms with Crippen LogP contribution in [0.3, 0.4) is 0 Å². The molecule has 0 bridgehead atoms. The van der Waals surface area contributed by atoms with Crippen LogP contribution in [-0.4, -0.2) is 59.6 Å². The van der Waals surface area contributed by atoms with Crippen LogP contribution in [0, 0.1) is 22.7 Å². The van der Waals surface area contributed by atoms with E-state index in [2.05, 4.69) is 17.1 Å². The fourth-order valence-electron chi connectivity index (χ4n) is 3.77. The second-order valence-corrected chi connectivity index (χ2v) is 8.48. The van der Waals surface area contributed by atoms with E-state index in [0.29, 0.717) is 41.5 Å². The van der Waals surface area contributed by atoms with Gasteiger partial charge in [0.25, 0.3) is 0 Å². The van der Waals surface area contributed by atoms with E-state index in [-0.39, 0.29) is 36.7 Å². The highest BCUT2D eigenvalue weighted by molar-refractivity contribution is 8.00. The fraction of sp³-hybridized carbons (Fsp3) is 0.348. The Labute approximate surface area is 196 Å². The maximum absolute atomic E-state index is 12.5. The van der Waals surface area contributed by atoms with E-state index in [4.69, 9.17) is 10.8 Å². The minimum Gasteiger partial charge on any atom is -0.395 e. The zero-order valence-corrected chi connectivity index (χ0v) is 19.0. The standard InChI is InChI=1S/C23H24N6O3S/c1-2-16-17(12-24)22(29-9-8-28(10-11-30)19(31)14-29)27-23(18(16)13-25)33-20(21(26)32)15-6-4-3-5-7-15/h3-7,20,30H,2,8-11,14H2,1H3,(H2,26,32). The van der Waals surface area contributed by atoms with Gasteiger partial charge in [0.1, 0.15) is 28.2 Å². The fourth-order valence-corrected chi connectivity index (χ4v) is 4.83. The van der Waals surface area contributed by atoms with Gasteiger partial charge in [0.2, 0.25) is 11.8 Å². The Balaban J connectivity index is 2.08. The number of β-amino-alcohol motifs (C(OH)–C–C–N with tert-alkyl or cyclic N) is 1. The maximum Gasteiger partial charge on any atom is 0.242 e. The molecule has 2 aromatic rings. The highest BCUT2D eigenvalue weighted by atomic mass is 32.2. The van der Waals surface area contributed by atoms with Gasteiger partial charge in [0.15, 0.2) is 0 Å². The first-order chi connectivity index (χ1) is 15.9. The number of rotatable bonds is 8. The number of hydrogen-bond donors (Lipinski definition) is 2. The Bertz CT molecular complexity index is 1130. The van der Waals surface area contributed by atoms with Crippen LogP contribution in [0.4, 0.5) is 5.82 Å². The first-order valence-electron chi connectivity index (χ1n) is 10.5. The monoisotopic (exact) mass is 464 g/mol. The second kappa shape index (κ2) is 10.8. The number of thioether (sulfide) groups is 1. The van der Waals surface area contributed by atoms with Crippen molar-refractivity contribution in [2.45, 2.75) is 23.6 Å². The quantitative estimate of drug-likeness (QED) is 0.556. The first-order valence-corrected chi connectivity index (χ1v) is 11.3. The van der Waals surface area contributed by atoms with E-state index >= 15 is 0 Å². The minimum absolute atomic E-state index is 0.00122. The minimum atomic E-state index is -0.778. The Kier molecular flexibility index (Phi) is 7.88. The van der Waals surface area contributed by atoms with Crippen molar-refractivity contribution in [1.29, 1.82) is 10.5 Å². The van der Waals surface area contributed by atoms with Crippen molar-refractivity contribution >= 4 is 29.4 Å². The molecule has 9 nitrogen and oxygen atoms in total. The van der Waals surface area contributed by atoms with Crippen LogP contribution in [0.2, 0.25) is 0 Å². The smallest absolute Gasteiger partial charge is 0.242 e. The number of primary amides is 1. The highest BCUT2D eigenvalue weighted by Gasteiger charge is 2.30. The summed E-state index contributed by atoms with van der Waals surface area (Å²) in [5.74, 6) is -0.449. The van der Waals surface area contributed by atoms with Gasteiger partial charge in [-0.2, -0.15) is 10.5 Å². The number of aliphatic hydroxyl groups excluding tert-OH is 1. The SMILES string of the molecule is CCc1c(C#N)c(SC(C(N)=O)c2ccccc2)nc(N2CCN(CCO)C(=O)C2)c1C#N. The van der Waals surface area contributed by atoms with Crippen LogP contribution < -0.4 is 10.6 Å². The number of nitrogens with two attached hydrogens (primary N) is 1. The number of amides is 2. The molecule has 0 saturated carbocycles. The molecule has 1 aliphatic heterocycles. The highest BCUT2D eigenvalue weighted by Crippen LogP contribution is 2.39. The molecular weight excluding hydrogens is 440 g/mol. The van der Waals surface area contributed by atoms with E-state index in [0.717, 1.165) is 11.8 Å². The van der Waals surface area contributed by atoms with E-state index in [9.17, 15) is 20.1 Å². The van der Waals surface area contributed by atoms with Crippen molar-refractivity contribution in [3.05, 3.63) is 52.6 Å². The molecule has 3 N–H and O–H groups in total. The van der Waals surface area contributed by atoms with Crippen molar-refractivity contribution in [3.8, 4) is 12.1 Å². The van der Waals surface area contributed by atoms with E-state index < -0.39 is 11.2 Å². The van der Waals surface area contributed by atoms with Gasteiger partial charge in [-0.1, -0.05) is 49.0 Å². The third-order valence-corrected chi connectivity index (χ3v) is 6.66. The number of carbonyl (C=O) groups excluding carboxylic acids is 2. The summed E-state index contributed by atoms with van der Waals surface area (Å²) in [5.41, 5.74) is 7.35. The van der Waals surface area contributed by atoms with Gasteiger partial charge >= 0.3 is 0 Å². The number of benzene rings is 1. The number of carbonyl (C=O) groups is 2. The van der Waals surface area contributed by atoms with E-state index in [1.54, 1.807) is 34.1 Å². The first kappa shape index (κ1) is 24.1. The zero-order valence-electron chi connectivity index (χ0n) is 18.2. The zero-order chi connectivity index (χ0) is 24.0. The van der Waals surface area contributed by atoms with Crippen molar-refractivity contribution < 1.29 is 14.7 Å². The van der Waals surface area contributed by atoms with E-state index in [1.807, 2.05) is 13.0 Å². The topological polar surface area (TPSA) is 147 Å². The number of nitriles is 2. The molecule has 0 aliphatic carbocycles. The van der Waals surface area contributed by atoms with Crippen molar-refractivity contribution in [2.24, 2.45) is 5.73 Å². The summed E-state index contributed by atoms with van der Waals surface area (Å²) in [6.07, 6.45) is 0.403. The summed E-state index contributed by atoms with van der Waals surface area (Å²) in [4.78, 5) is 32.7. The van der Waals surface area contributed by atoms with Crippen LogP contribution in [0.15, 0.2) is 35.4 Å². The molecular formula is C23H24N6O3S. The Hall–Kier alpha value is -3.60. The number of anilines is 1. The largest absolute Gasteiger partial charge is 0.395 e. The predicted molar refractivity (Wildman–Crippen MR) is 123 cm³/mol. The molecule has 2 amide bonds. The summed E-state index contributed by atoms with van der Waals surface area (Å²) in [5, 5.41) is 28.4. The van der Waals surface area contributed by atoms with Crippen LogP contribution in [-0.2, 0) is 16.0 Å². The van der Waals surface area contributed by atoms with Crippen LogP contribution in [0.5, 0.6) is 0 Å². The van der Waals surface area contributed by atoms with Gasteiger partial charge < -0.3 is 20.6 Å². The third kappa shape index (κ3) is 5.08. The van der Waals surface area contributed by atoms with Crippen molar-refractivity contribution in [2.75, 3.05) is 37.7 Å². The summed E-state index contributed by atoms with van der Waals surface area (Å²) in [6, 6.07) is 13.3. The Morgan fingerprint density at radius 1 is 1.24 bits per heavy atom. The maximum atomic E-state index is 12.5. The normalized spacial score (nSPS) is 14.5. The van der Waals surface area contributed by atoms with Gasteiger partial charge in [0, 0.05) is 19.6 Å². The van der Waals surface area contributed by atoms with Crippen LogP contribution >= 0.6 is 11.8 Å². The molecule has 1 aromatic carbocycles. The number of aliphatic hydroxyl groups is 1. The predicted octanol–water partition coefficient (Wildman–Crippen LogP) is 1.35. The van der Waals surface area contributed by atoms with Gasteiger partial charge in [-0.3, -0.25) is 9.59 Å². The van der Waals surface area contributed by atoms with Crippen LogP contribution in [0.25, 0.3) is 0 Å². The lowest BCUT2D eigenvalue weighted by molar-refractivity contribution is -0.131. The summed E-state index contributed by atoms with van der Waals surface area (Å²) < 4.78 is 0. The molecule has 0 radical (unpaired) electrons. The van der Waals surface area contributed by atoms with Gasteiger partial charge in [-0.15, -0.1) is 0 Å². The van der Waals surface area contributed by atoms with Gasteiger partial charge in [0.05, 0.1) is 24.3 Å². The molecule has 1 atom stereocenters. The molecule has 2 heterocycles. The average molecular weight is 465 g/mol. The summed E-state index contributed by atoms with van der Waals surface area (Å²) in [6.45, 7) is 2.76. The number of pyridine rings is 1. The lowest BCUT2D eigenvalue weighted by Gasteiger charge is -2.35. The van der Waals surface area contributed by atoms with Crippen molar-refractivity contribution in [1.82, 2.24) is 9.88 Å². The summed E-state index contributed by atoms with van der Waals surface area (Å²) >= 11 is 1.06. The molecule has 1 fully saturated rings. The second-order valence-electron chi connectivity index (χ2n) is 7.38. The van der Waals surface area contributed by atoms with Gasteiger partial charge in [-0.05, 0) is 17.5 Å². The summed E-state index contributed by atoms with van der Waals surface area (Å²) in [7, 11) is 0. The van der Waals surface area contributed by atoms with Crippen molar-refractivity contribution in [3.63, 3.8) is 0 Å². The molecule has 1 saturated heterocycles. The number of aromatic nitrogens is 1. The van der Waals surface area contributed by atoms with E-state index in [1.165, 1.54) is 0 Å². The van der Waals surface area contributed by atoms with Crippen LogP contribution in [0.1, 0.15) is 34.4 Å². The number of nitrogens with zero attached hydrogens (tertiary/aromatic N) is 5. The molecule has 33 heavy (non-hydrogen) atoms. The lowest BCUT2D eigenvalue weighted by Crippen LogP contribution is -2.51. The lowest BCUT2D eigenvalue weighted by atomic mass is 10.0. The third-order valence-electron chi connectivity index (χ3n) is 5.40. The Morgan fingerprint density at radius 2 is 1.94 bits per heavy atom. The molecule has 0 spiro atoms. The molecule has 10 heteroatoms. The molecule has 1 aliphatic rings. The molecule has 170 valence electrons. The Morgan fingerprint density at radius 3 is 2.48 bits per heavy atom. The number of piperazine rings is 1. The molecule has 1 aromatic heterocycles. The molecule has 1 unspecified atom stereocenters.